The number of guanidine groups is 1. The quantitative estimate of drug-likeness (QED) is 0.624. The molecule has 1 atom stereocenters. The number of rotatable bonds is 5. The Labute approximate surface area is 139 Å². The number of aliphatic imine (C=N–C) groups is 1. The molecule has 0 saturated carbocycles. The van der Waals surface area contributed by atoms with Gasteiger partial charge in [0.25, 0.3) is 0 Å². The van der Waals surface area contributed by atoms with E-state index in [-0.39, 0.29) is 6.04 Å². The lowest BCUT2D eigenvalue weighted by Crippen LogP contribution is -2.44. The van der Waals surface area contributed by atoms with Crippen LogP contribution in [0.1, 0.15) is 12.0 Å². The van der Waals surface area contributed by atoms with Crippen LogP contribution < -0.4 is 15.4 Å². The number of halogens is 3. The summed E-state index contributed by atoms with van der Waals surface area (Å²) in [6.45, 7) is 0.348. The van der Waals surface area contributed by atoms with Gasteiger partial charge in [-0.05, 0) is 12.5 Å². The van der Waals surface area contributed by atoms with Crippen LogP contribution in [-0.4, -0.2) is 61.9 Å². The van der Waals surface area contributed by atoms with Crippen molar-refractivity contribution < 1.29 is 17.9 Å². The maximum Gasteiger partial charge on any atom is 0.401 e. The molecule has 1 aliphatic heterocycles. The standard InChI is InChI=1S/C15H22F3N5O/c1-19-14(21-8-11-4-3-6-20-13(11)24-2)22-12-5-7-23(9-12)10-15(16,17)18/h3-4,6,12H,5,7-10H2,1-2H3,(H2,19,21,22). The van der Waals surface area contributed by atoms with Crippen molar-refractivity contribution in [2.24, 2.45) is 4.99 Å². The summed E-state index contributed by atoms with van der Waals surface area (Å²) in [5.41, 5.74) is 0.869. The third kappa shape index (κ3) is 5.55. The highest BCUT2D eigenvalue weighted by molar-refractivity contribution is 5.80. The van der Waals surface area contributed by atoms with Crippen LogP contribution in [0.4, 0.5) is 13.2 Å². The molecular formula is C15H22F3N5O. The van der Waals surface area contributed by atoms with E-state index in [1.165, 1.54) is 4.90 Å². The molecule has 0 bridgehead atoms. The first-order valence-electron chi connectivity index (χ1n) is 7.65. The van der Waals surface area contributed by atoms with Crippen LogP contribution in [0.15, 0.2) is 23.3 Å². The third-order valence-corrected chi connectivity index (χ3v) is 3.73. The highest BCUT2D eigenvalue weighted by atomic mass is 19.4. The molecule has 1 aromatic rings. The van der Waals surface area contributed by atoms with Crippen molar-refractivity contribution in [2.45, 2.75) is 25.2 Å². The Hall–Kier alpha value is -2.03. The average Bonchev–Trinajstić information content (AvgIpc) is 2.96. The number of likely N-dealkylation sites (tertiary alicyclic amines) is 1. The highest BCUT2D eigenvalue weighted by Crippen LogP contribution is 2.20. The fraction of sp³-hybridized carbons (Fsp3) is 0.600. The van der Waals surface area contributed by atoms with Crippen LogP contribution in [0.25, 0.3) is 0 Å². The Kier molecular flexibility index (Phi) is 6.24. The average molecular weight is 345 g/mol. The van der Waals surface area contributed by atoms with Gasteiger partial charge in [-0.1, -0.05) is 6.07 Å². The van der Waals surface area contributed by atoms with Crippen molar-refractivity contribution in [3.8, 4) is 5.88 Å². The second kappa shape index (κ2) is 8.18. The number of pyridine rings is 1. The zero-order chi connectivity index (χ0) is 17.6. The first-order chi connectivity index (χ1) is 11.4. The van der Waals surface area contributed by atoms with Gasteiger partial charge in [-0.3, -0.25) is 9.89 Å². The van der Waals surface area contributed by atoms with E-state index in [1.807, 2.05) is 12.1 Å². The third-order valence-electron chi connectivity index (χ3n) is 3.73. The van der Waals surface area contributed by atoms with E-state index in [2.05, 4.69) is 20.6 Å². The van der Waals surface area contributed by atoms with E-state index >= 15 is 0 Å². The Morgan fingerprint density at radius 3 is 2.96 bits per heavy atom. The monoisotopic (exact) mass is 345 g/mol. The highest BCUT2D eigenvalue weighted by Gasteiger charge is 2.34. The van der Waals surface area contributed by atoms with Gasteiger partial charge in [0.2, 0.25) is 5.88 Å². The molecule has 134 valence electrons. The predicted octanol–water partition coefficient (Wildman–Crippen LogP) is 1.39. The number of nitrogens with zero attached hydrogens (tertiary/aromatic N) is 3. The predicted molar refractivity (Wildman–Crippen MR) is 85.0 cm³/mol. The van der Waals surface area contributed by atoms with Gasteiger partial charge < -0.3 is 15.4 Å². The number of hydrogen-bond donors (Lipinski definition) is 2. The summed E-state index contributed by atoms with van der Waals surface area (Å²) in [7, 11) is 3.17. The van der Waals surface area contributed by atoms with Gasteiger partial charge in [-0.15, -0.1) is 0 Å². The molecule has 1 unspecified atom stereocenters. The molecular weight excluding hydrogens is 323 g/mol. The molecule has 2 heterocycles. The van der Waals surface area contributed by atoms with Crippen molar-refractivity contribution in [1.29, 1.82) is 0 Å². The molecule has 0 spiro atoms. The normalized spacial score (nSPS) is 19.4. The van der Waals surface area contributed by atoms with Gasteiger partial charge in [-0.2, -0.15) is 13.2 Å². The largest absolute Gasteiger partial charge is 0.481 e. The number of methoxy groups -OCH3 is 1. The van der Waals surface area contributed by atoms with Crippen molar-refractivity contribution in [1.82, 2.24) is 20.5 Å². The lowest BCUT2D eigenvalue weighted by Gasteiger charge is -2.20. The first kappa shape index (κ1) is 18.3. The van der Waals surface area contributed by atoms with Crippen LogP contribution in [0.3, 0.4) is 0 Å². The molecule has 0 amide bonds. The summed E-state index contributed by atoms with van der Waals surface area (Å²) in [5.74, 6) is 1.07. The van der Waals surface area contributed by atoms with Gasteiger partial charge in [0, 0.05) is 44.5 Å². The second-order valence-electron chi connectivity index (χ2n) is 5.58. The van der Waals surface area contributed by atoms with Gasteiger partial charge in [0.05, 0.1) is 13.7 Å². The SMILES string of the molecule is CN=C(NCc1cccnc1OC)NC1CCN(CC(F)(F)F)C1. The lowest BCUT2D eigenvalue weighted by atomic mass is 10.2. The Bertz CT molecular complexity index is 564. The fourth-order valence-corrected chi connectivity index (χ4v) is 2.66. The summed E-state index contributed by atoms with van der Waals surface area (Å²) in [4.78, 5) is 9.62. The second-order valence-corrected chi connectivity index (χ2v) is 5.58. The molecule has 24 heavy (non-hydrogen) atoms. The van der Waals surface area contributed by atoms with Crippen molar-refractivity contribution in [3.05, 3.63) is 23.9 Å². The molecule has 2 rings (SSSR count). The van der Waals surface area contributed by atoms with Crippen LogP contribution in [0, 0.1) is 0 Å². The molecule has 9 heteroatoms. The summed E-state index contributed by atoms with van der Waals surface area (Å²) in [5, 5.41) is 6.29. The minimum absolute atomic E-state index is 0.0608. The van der Waals surface area contributed by atoms with Crippen molar-refractivity contribution in [2.75, 3.05) is 33.8 Å². The number of alkyl halides is 3. The summed E-state index contributed by atoms with van der Waals surface area (Å²) in [6.07, 6.45) is -1.87. The molecule has 1 aliphatic rings. The lowest BCUT2D eigenvalue weighted by molar-refractivity contribution is -0.143. The van der Waals surface area contributed by atoms with Gasteiger partial charge >= 0.3 is 6.18 Å². The van der Waals surface area contributed by atoms with Gasteiger partial charge in [-0.25, -0.2) is 4.98 Å². The fourth-order valence-electron chi connectivity index (χ4n) is 2.66. The Morgan fingerprint density at radius 1 is 1.50 bits per heavy atom. The molecule has 2 N–H and O–H groups in total. The number of ether oxygens (including phenoxy) is 1. The van der Waals surface area contributed by atoms with E-state index in [0.717, 1.165) is 5.56 Å². The molecule has 6 nitrogen and oxygen atoms in total. The van der Waals surface area contributed by atoms with Crippen LogP contribution >= 0.6 is 0 Å². The Balaban J connectivity index is 1.83. The Morgan fingerprint density at radius 2 is 2.29 bits per heavy atom. The molecule has 1 fully saturated rings. The minimum atomic E-state index is -4.16. The van der Waals surface area contributed by atoms with Gasteiger partial charge in [0.15, 0.2) is 5.96 Å². The smallest absolute Gasteiger partial charge is 0.401 e. The van der Waals surface area contributed by atoms with E-state index < -0.39 is 12.7 Å². The number of aromatic nitrogens is 1. The van der Waals surface area contributed by atoms with E-state index in [1.54, 1.807) is 20.4 Å². The van der Waals surface area contributed by atoms with Crippen molar-refractivity contribution >= 4 is 5.96 Å². The summed E-state index contributed by atoms with van der Waals surface area (Å²) < 4.78 is 42.5. The number of nitrogens with one attached hydrogen (secondary N) is 2. The zero-order valence-electron chi connectivity index (χ0n) is 13.7. The van der Waals surface area contributed by atoms with E-state index in [9.17, 15) is 13.2 Å². The molecule has 0 aromatic carbocycles. The number of hydrogen-bond acceptors (Lipinski definition) is 4. The summed E-state index contributed by atoms with van der Waals surface area (Å²) in [6, 6.07) is 3.63. The molecule has 0 aliphatic carbocycles. The van der Waals surface area contributed by atoms with E-state index in [0.29, 0.717) is 37.9 Å². The van der Waals surface area contributed by atoms with Crippen molar-refractivity contribution in [3.63, 3.8) is 0 Å². The maximum atomic E-state index is 12.4. The molecule has 1 saturated heterocycles. The van der Waals surface area contributed by atoms with Crippen LogP contribution in [-0.2, 0) is 6.54 Å². The topological polar surface area (TPSA) is 61.8 Å². The molecule has 0 radical (unpaired) electrons. The summed E-state index contributed by atoms with van der Waals surface area (Å²) >= 11 is 0. The van der Waals surface area contributed by atoms with E-state index in [4.69, 9.17) is 4.74 Å². The van der Waals surface area contributed by atoms with Crippen LogP contribution in [0.5, 0.6) is 5.88 Å². The first-order valence-corrected chi connectivity index (χ1v) is 7.65. The van der Waals surface area contributed by atoms with Gasteiger partial charge in [0.1, 0.15) is 0 Å². The van der Waals surface area contributed by atoms with Crippen LogP contribution in [0.2, 0.25) is 0 Å². The molecule has 1 aromatic heterocycles. The maximum absolute atomic E-state index is 12.4. The zero-order valence-corrected chi connectivity index (χ0v) is 13.7. The minimum Gasteiger partial charge on any atom is -0.481 e.